The van der Waals surface area contributed by atoms with E-state index in [1.807, 2.05) is 36.4 Å². The molecule has 90 valence electrons. The van der Waals surface area contributed by atoms with E-state index >= 15 is 0 Å². The number of carboxylic acids is 1. The van der Waals surface area contributed by atoms with Gasteiger partial charge < -0.3 is 5.11 Å². The SMILES string of the molecule is C1=Cc2ccccc2NN=C1.O=C(O)C(F)F. The summed E-state index contributed by atoms with van der Waals surface area (Å²) in [5, 5.41) is 11.2. The third kappa shape index (κ3) is 4.42. The van der Waals surface area contributed by atoms with Gasteiger partial charge in [-0.1, -0.05) is 24.3 Å². The normalized spacial score (nSPS) is 11.9. The van der Waals surface area contributed by atoms with E-state index in [-0.39, 0.29) is 0 Å². The number of fused-ring (bicyclic) bond motifs is 1. The van der Waals surface area contributed by atoms with Crippen LogP contribution in [0.3, 0.4) is 0 Å². The number of allylic oxidation sites excluding steroid dienone is 1. The van der Waals surface area contributed by atoms with Gasteiger partial charge in [0.15, 0.2) is 0 Å². The first-order chi connectivity index (χ1) is 8.11. The summed E-state index contributed by atoms with van der Waals surface area (Å²) in [5.41, 5.74) is 5.16. The average Bonchev–Trinajstić information content (AvgIpc) is 2.54. The molecule has 1 aromatic rings. The van der Waals surface area contributed by atoms with Gasteiger partial charge in [-0.25, -0.2) is 4.79 Å². The molecule has 0 unspecified atom stereocenters. The van der Waals surface area contributed by atoms with Crippen LogP contribution in [-0.2, 0) is 4.79 Å². The van der Waals surface area contributed by atoms with E-state index in [1.165, 1.54) is 5.56 Å². The molecule has 1 aromatic carbocycles. The molecule has 0 fully saturated rings. The largest absolute Gasteiger partial charge is 0.477 e. The second-order valence-electron chi connectivity index (χ2n) is 2.98. The number of nitrogens with zero attached hydrogens (tertiary/aromatic N) is 1. The zero-order valence-corrected chi connectivity index (χ0v) is 8.68. The molecular weight excluding hydrogens is 230 g/mol. The van der Waals surface area contributed by atoms with Gasteiger partial charge >= 0.3 is 12.4 Å². The van der Waals surface area contributed by atoms with E-state index in [4.69, 9.17) is 9.90 Å². The van der Waals surface area contributed by atoms with Crippen LogP contribution in [0.4, 0.5) is 14.5 Å². The van der Waals surface area contributed by atoms with Gasteiger partial charge in [0, 0.05) is 6.21 Å². The number of hydrazone groups is 1. The number of anilines is 1. The second-order valence-corrected chi connectivity index (χ2v) is 2.98. The van der Waals surface area contributed by atoms with Crippen LogP contribution >= 0.6 is 0 Å². The Morgan fingerprint density at radius 3 is 2.65 bits per heavy atom. The third-order valence-electron chi connectivity index (χ3n) is 1.77. The summed E-state index contributed by atoms with van der Waals surface area (Å²) in [6, 6.07) is 8.05. The molecule has 2 rings (SSSR count). The molecule has 0 aromatic heterocycles. The molecular formula is C11H10F2N2O2. The summed E-state index contributed by atoms with van der Waals surface area (Å²) in [6.45, 7) is 0. The number of halogens is 2. The highest BCUT2D eigenvalue weighted by Gasteiger charge is 2.10. The van der Waals surface area contributed by atoms with Crippen LogP contribution in [0.2, 0.25) is 0 Å². The van der Waals surface area contributed by atoms with Crippen molar-refractivity contribution in [2.75, 3.05) is 5.43 Å². The predicted molar refractivity (Wildman–Crippen MR) is 61.2 cm³/mol. The highest BCUT2D eigenvalue weighted by Crippen LogP contribution is 2.17. The van der Waals surface area contributed by atoms with Crippen molar-refractivity contribution in [3.63, 3.8) is 0 Å². The maximum absolute atomic E-state index is 10.6. The maximum atomic E-state index is 10.6. The Labute approximate surface area is 96.3 Å². The maximum Gasteiger partial charge on any atom is 0.371 e. The van der Waals surface area contributed by atoms with Gasteiger partial charge in [-0.05, 0) is 17.7 Å². The number of carboxylic acid groups (broad SMARTS) is 1. The standard InChI is InChI=1S/C9H8N2.C2H2F2O2/c1-2-6-9-8(4-1)5-3-7-10-11-9;3-1(4)2(5)6/h1-7,11H;1H,(H,5,6). The molecule has 1 aliphatic heterocycles. The molecule has 0 saturated heterocycles. The summed E-state index contributed by atoms with van der Waals surface area (Å²) < 4.78 is 21.1. The second kappa shape index (κ2) is 6.37. The van der Waals surface area contributed by atoms with Crippen LogP contribution in [0.1, 0.15) is 5.56 Å². The molecule has 0 spiro atoms. The van der Waals surface area contributed by atoms with Gasteiger partial charge in [-0.2, -0.15) is 13.9 Å². The van der Waals surface area contributed by atoms with Crippen molar-refractivity contribution in [1.29, 1.82) is 0 Å². The summed E-state index contributed by atoms with van der Waals surface area (Å²) in [5.74, 6) is -2.07. The van der Waals surface area contributed by atoms with Crippen LogP contribution in [0.15, 0.2) is 35.4 Å². The molecule has 6 heteroatoms. The van der Waals surface area contributed by atoms with E-state index in [0.717, 1.165) is 5.69 Å². The van der Waals surface area contributed by atoms with Crippen molar-refractivity contribution in [3.05, 3.63) is 35.9 Å². The quantitative estimate of drug-likeness (QED) is 0.792. The molecule has 0 radical (unpaired) electrons. The number of alkyl halides is 2. The highest BCUT2D eigenvalue weighted by atomic mass is 19.3. The van der Waals surface area contributed by atoms with Crippen LogP contribution in [0.25, 0.3) is 6.08 Å². The van der Waals surface area contributed by atoms with Crippen LogP contribution < -0.4 is 5.43 Å². The number of carbonyl (C=O) groups is 1. The van der Waals surface area contributed by atoms with Crippen LogP contribution in [0, 0.1) is 0 Å². The molecule has 0 amide bonds. The molecule has 0 aliphatic carbocycles. The van der Waals surface area contributed by atoms with E-state index < -0.39 is 12.4 Å². The fraction of sp³-hybridized carbons (Fsp3) is 0.0909. The van der Waals surface area contributed by atoms with Crippen molar-refractivity contribution in [1.82, 2.24) is 0 Å². The molecule has 2 N–H and O–H groups in total. The fourth-order valence-corrected chi connectivity index (χ4v) is 1.04. The first kappa shape index (κ1) is 12.8. The van der Waals surface area contributed by atoms with Gasteiger partial charge in [0.1, 0.15) is 0 Å². The predicted octanol–water partition coefficient (Wildman–Crippen LogP) is 2.45. The molecule has 1 heterocycles. The van der Waals surface area contributed by atoms with Gasteiger partial charge in [0.2, 0.25) is 0 Å². The Kier molecular flexibility index (Phi) is 4.80. The first-order valence-electron chi connectivity index (χ1n) is 4.67. The Morgan fingerprint density at radius 1 is 1.35 bits per heavy atom. The number of rotatable bonds is 1. The van der Waals surface area contributed by atoms with Crippen LogP contribution in [0.5, 0.6) is 0 Å². The molecule has 4 nitrogen and oxygen atoms in total. The van der Waals surface area contributed by atoms with Crippen molar-refractivity contribution >= 4 is 23.9 Å². The van der Waals surface area contributed by atoms with Crippen molar-refractivity contribution in [2.24, 2.45) is 5.10 Å². The van der Waals surface area contributed by atoms with Crippen molar-refractivity contribution in [2.45, 2.75) is 6.43 Å². The highest BCUT2D eigenvalue weighted by molar-refractivity contribution is 5.83. The average molecular weight is 240 g/mol. The lowest BCUT2D eigenvalue weighted by molar-refractivity contribution is -0.149. The summed E-state index contributed by atoms with van der Waals surface area (Å²) in [6.07, 6.45) is 2.45. The molecule has 1 aliphatic rings. The minimum atomic E-state index is -3.23. The van der Waals surface area contributed by atoms with E-state index in [1.54, 1.807) is 6.21 Å². The minimum absolute atomic E-state index is 1.05. The molecule has 17 heavy (non-hydrogen) atoms. The van der Waals surface area contributed by atoms with Crippen LogP contribution in [-0.4, -0.2) is 23.7 Å². The number of aliphatic carboxylic acids is 1. The van der Waals surface area contributed by atoms with Gasteiger partial charge in [-0.15, -0.1) is 0 Å². The Morgan fingerprint density at radius 2 is 2.00 bits per heavy atom. The van der Waals surface area contributed by atoms with Crippen molar-refractivity contribution in [3.8, 4) is 0 Å². The summed E-state index contributed by atoms with van der Waals surface area (Å²) in [4.78, 5) is 8.95. The lowest BCUT2D eigenvalue weighted by atomic mass is 10.2. The number of hydrogen-bond donors (Lipinski definition) is 2. The molecule has 0 bridgehead atoms. The fourth-order valence-electron chi connectivity index (χ4n) is 1.04. The topological polar surface area (TPSA) is 61.7 Å². The summed E-state index contributed by atoms with van der Waals surface area (Å²) >= 11 is 0. The molecule has 0 atom stereocenters. The monoisotopic (exact) mass is 240 g/mol. The first-order valence-corrected chi connectivity index (χ1v) is 4.67. The number of para-hydroxylation sites is 1. The number of nitrogens with one attached hydrogen (secondary N) is 1. The smallest absolute Gasteiger partial charge is 0.371 e. The van der Waals surface area contributed by atoms with E-state index in [0.29, 0.717) is 0 Å². The van der Waals surface area contributed by atoms with Gasteiger partial charge in [0.25, 0.3) is 0 Å². The number of benzene rings is 1. The van der Waals surface area contributed by atoms with Gasteiger partial charge in [-0.3, -0.25) is 5.43 Å². The Hall–Kier alpha value is -2.24. The lowest BCUT2D eigenvalue weighted by Crippen LogP contribution is -2.06. The Balaban J connectivity index is 0.000000209. The Bertz CT molecular complexity index is 445. The lowest BCUT2D eigenvalue weighted by Gasteiger charge is -2.00. The zero-order chi connectivity index (χ0) is 12.7. The third-order valence-corrected chi connectivity index (χ3v) is 1.77. The molecule has 0 saturated carbocycles. The minimum Gasteiger partial charge on any atom is -0.477 e. The summed E-state index contributed by atoms with van der Waals surface area (Å²) in [7, 11) is 0. The van der Waals surface area contributed by atoms with E-state index in [2.05, 4.69) is 10.5 Å². The van der Waals surface area contributed by atoms with Crippen molar-refractivity contribution < 1.29 is 18.7 Å². The van der Waals surface area contributed by atoms with Gasteiger partial charge in [0.05, 0.1) is 5.69 Å². The number of hydrogen-bond acceptors (Lipinski definition) is 3. The zero-order valence-electron chi connectivity index (χ0n) is 8.68. The van der Waals surface area contributed by atoms with E-state index in [9.17, 15) is 8.78 Å².